The Morgan fingerprint density at radius 2 is 1.59 bits per heavy atom. The largest absolute Gasteiger partial charge is 0.291 e. The maximum absolute atomic E-state index is 12.9. The second kappa shape index (κ2) is 8.14. The molecule has 1 unspecified atom stereocenters. The third-order valence-electron chi connectivity index (χ3n) is 3.95. The van der Waals surface area contributed by atoms with Gasteiger partial charge < -0.3 is 0 Å². The average Bonchev–Trinajstić information content (AvgIpc) is 2.70. The minimum Gasteiger partial charge on any atom is -0.291 e. The molecule has 1 amide bonds. The molecule has 0 radical (unpaired) electrons. The van der Waals surface area contributed by atoms with Crippen molar-refractivity contribution in [1.82, 2.24) is 9.55 Å². The molecule has 0 spiro atoms. The van der Waals surface area contributed by atoms with Crippen LogP contribution in [0.25, 0.3) is 0 Å². The van der Waals surface area contributed by atoms with E-state index in [2.05, 4.69) is 9.98 Å². The molecule has 0 aliphatic rings. The highest BCUT2D eigenvalue weighted by molar-refractivity contribution is 6.10. The Morgan fingerprint density at radius 1 is 1.00 bits per heavy atom. The first kappa shape index (κ1) is 18.1. The molecule has 0 saturated carbocycles. The number of nitrogens with zero attached hydrogens (tertiary/aromatic N) is 3. The summed E-state index contributed by atoms with van der Waals surface area (Å²) in [5.41, 5.74) is 0.956. The van der Waals surface area contributed by atoms with Gasteiger partial charge in [-0.3, -0.25) is 19.0 Å². The Balaban J connectivity index is 1.99. The van der Waals surface area contributed by atoms with Gasteiger partial charge in [-0.15, -0.1) is 0 Å². The third kappa shape index (κ3) is 4.30. The zero-order valence-electron chi connectivity index (χ0n) is 14.6. The molecule has 1 aromatic heterocycles. The first-order chi connectivity index (χ1) is 13.1. The molecule has 0 aliphatic heterocycles. The monoisotopic (exact) mass is 359 g/mol. The number of ketones is 1. The molecule has 0 aliphatic carbocycles. The number of Topliss-reactive ketones (excluding diaryl/α,β-unsaturated/α-hetero) is 1. The molecule has 3 aromatic rings. The Kier molecular flexibility index (Phi) is 5.47. The Morgan fingerprint density at radius 3 is 2.19 bits per heavy atom. The van der Waals surface area contributed by atoms with Gasteiger partial charge in [0.2, 0.25) is 0 Å². The third-order valence-corrected chi connectivity index (χ3v) is 3.95. The van der Waals surface area contributed by atoms with Crippen molar-refractivity contribution in [3.05, 3.63) is 100 Å². The highest BCUT2D eigenvalue weighted by Gasteiger charge is 2.22. The first-order valence-corrected chi connectivity index (χ1v) is 8.34. The van der Waals surface area contributed by atoms with Gasteiger partial charge in [-0.1, -0.05) is 48.5 Å². The number of benzene rings is 2. The molecule has 6 heteroatoms. The topological polar surface area (TPSA) is 81.4 Å². The van der Waals surface area contributed by atoms with Crippen LogP contribution in [0.15, 0.2) is 82.8 Å². The normalized spacial score (nSPS) is 12.0. The quantitative estimate of drug-likeness (QED) is 0.518. The van der Waals surface area contributed by atoms with Gasteiger partial charge in [-0.05, 0) is 19.1 Å². The minimum absolute atomic E-state index is 0.354. The van der Waals surface area contributed by atoms with Crippen molar-refractivity contribution in [2.75, 3.05) is 0 Å². The predicted molar refractivity (Wildman–Crippen MR) is 102 cm³/mol. The van der Waals surface area contributed by atoms with Crippen LogP contribution in [0.3, 0.4) is 0 Å². The predicted octanol–water partition coefficient (Wildman–Crippen LogP) is 2.89. The number of amides is 1. The molecule has 3 rings (SSSR count). The van der Waals surface area contributed by atoms with Crippen molar-refractivity contribution < 1.29 is 9.59 Å². The number of carbonyl (C=O) groups excluding carboxylic acids is 2. The number of carbonyl (C=O) groups is 2. The summed E-state index contributed by atoms with van der Waals surface area (Å²) in [4.78, 5) is 45.6. The minimum atomic E-state index is -1.07. The van der Waals surface area contributed by atoms with Gasteiger partial charge >= 0.3 is 0 Å². The summed E-state index contributed by atoms with van der Waals surface area (Å²) < 4.78 is 1.17. The van der Waals surface area contributed by atoms with E-state index in [0.29, 0.717) is 16.8 Å². The summed E-state index contributed by atoms with van der Waals surface area (Å²) in [5.74, 6) is -0.845. The maximum Gasteiger partial charge on any atom is 0.276 e. The van der Waals surface area contributed by atoms with Crippen LogP contribution in [0.4, 0.5) is 0 Å². The van der Waals surface area contributed by atoms with Crippen molar-refractivity contribution in [3.63, 3.8) is 0 Å². The summed E-state index contributed by atoms with van der Waals surface area (Å²) in [5, 5.41) is 0. The van der Waals surface area contributed by atoms with Crippen LogP contribution in [-0.4, -0.2) is 27.5 Å². The van der Waals surface area contributed by atoms with Crippen LogP contribution in [-0.2, 0) is 0 Å². The smallest absolute Gasteiger partial charge is 0.276 e. The summed E-state index contributed by atoms with van der Waals surface area (Å²) in [6, 6.07) is 17.3. The molecule has 1 atom stereocenters. The molecular formula is C21H17N3O3. The van der Waals surface area contributed by atoms with E-state index < -0.39 is 17.5 Å². The summed E-state index contributed by atoms with van der Waals surface area (Å²) in [7, 11) is 0. The molecule has 6 nitrogen and oxygen atoms in total. The molecule has 134 valence electrons. The number of aliphatic imine (C=N–C) groups is 1. The lowest BCUT2D eigenvalue weighted by atomic mass is 10.0. The fourth-order valence-electron chi connectivity index (χ4n) is 2.54. The lowest BCUT2D eigenvalue weighted by Gasteiger charge is -2.14. The van der Waals surface area contributed by atoms with Crippen LogP contribution in [0.5, 0.6) is 0 Å². The van der Waals surface area contributed by atoms with E-state index >= 15 is 0 Å². The van der Waals surface area contributed by atoms with Gasteiger partial charge in [0.25, 0.3) is 11.5 Å². The molecule has 0 saturated heterocycles. The molecule has 2 aromatic carbocycles. The lowest BCUT2D eigenvalue weighted by Crippen LogP contribution is -2.31. The maximum atomic E-state index is 12.9. The number of aromatic nitrogens is 2. The van der Waals surface area contributed by atoms with Crippen molar-refractivity contribution >= 4 is 17.9 Å². The van der Waals surface area contributed by atoms with Gasteiger partial charge in [-0.2, -0.15) is 0 Å². The fraction of sp³-hybridized carbons (Fsp3) is 0.0952. The Labute approximate surface area is 155 Å². The molecule has 0 N–H and O–H groups in total. The zero-order valence-corrected chi connectivity index (χ0v) is 14.6. The number of hydrogen-bond donors (Lipinski definition) is 0. The molecule has 0 fully saturated rings. The number of rotatable bonds is 5. The number of aryl methyl sites for hydroxylation is 1. The average molecular weight is 359 g/mol. The van der Waals surface area contributed by atoms with E-state index in [1.165, 1.54) is 23.2 Å². The summed E-state index contributed by atoms with van der Waals surface area (Å²) in [6.07, 6.45) is 2.49. The molecular weight excluding hydrogens is 342 g/mol. The SMILES string of the molecule is Cc1cc(=O)n(C(C=NC(=O)c2ccccc2)C(=O)c2ccccc2)cn1. The van der Waals surface area contributed by atoms with E-state index in [-0.39, 0.29) is 5.78 Å². The summed E-state index contributed by atoms with van der Waals surface area (Å²) >= 11 is 0. The fourth-order valence-corrected chi connectivity index (χ4v) is 2.54. The van der Waals surface area contributed by atoms with Crippen LogP contribution in [0.2, 0.25) is 0 Å². The van der Waals surface area contributed by atoms with Crippen LogP contribution in [0, 0.1) is 6.92 Å². The van der Waals surface area contributed by atoms with Gasteiger partial charge in [0, 0.05) is 29.1 Å². The van der Waals surface area contributed by atoms with Crippen molar-refractivity contribution in [1.29, 1.82) is 0 Å². The highest BCUT2D eigenvalue weighted by Crippen LogP contribution is 2.12. The van der Waals surface area contributed by atoms with Gasteiger partial charge in [-0.25, -0.2) is 9.98 Å². The van der Waals surface area contributed by atoms with Crippen LogP contribution in [0.1, 0.15) is 32.5 Å². The summed E-state index contributed by atoms with van der Waals surface area (Å²) in [6.45, 7) is 1.69. The van der Waals surface area contributed by atoms with Crippen molar-refractivity contribution in [2.24, 2.45) is 4.99 Å². The van der Waals surface area contributed by atoms with E-state index in [9.17, 15) is 14.4 Å². The highest BCUT2D eigenvalue weighted by atomic mass is 16.2. The molecule has 0 bridgehead atoms. The van der Waals surface area contributed by atoms with Crippen molar-refractivity contribution in [2.45, 2.75) is 13.0 Å². The van der Waals surface area contributed by atoms with E-state index in [0.717, 1.165) is 0 Å². The van der Waals surface area contributed by atoms with Gasteiger partial charge in [0.05, 0.1) is 6.33 Å². The van der Waals surface area contributed by atoms with Gasteiger partial charge in [0.1, 0.15) is 6.04 Å². The van der Waals surface area contributed by atoms with Crippen molar-refractivity contribution in [3.8, 4) is 0 Å². The van der Waals surface area contributed by atoms with E-state index in [1.54, 1.807) is 67.6 Å². The molecule has 1 heterocycles. The van der Waals surface area contributed by atoms with Crippen LogP contribution < -0.4 is 5.56 Å². The van der Waals surface area contributed by atoms with Crippen LogP contribution >= 0.6 is 0 Å². The van der Waals surface area contributed by atoms with E-state index in [1.807, 2.05) is 0 Å². The second-order valence-electron chi connectivity index (χ2n) is 5.90. The first-order valence-electron chi connectivity index (χ1n) is 8.34. The Bertz CT molecular complexity index is 1040. The van der Waals surface area contributed by atoms with E-state index in [4.69, 9.17) is 0 Å². The second-order valence-corrected chi connectivity index (χ2v) is 5.90. The standard InChI is InChI=1S/C21H17N3O3/c1-15-12-19(25)24(14-23-15)18(20(26)16-8-4-2-5-9-16)13-22-21(27)17-10-6-3-7-11-17/h2-14,18H,1H3. The number of hydrogen-bond acceptors (Lipinski definition) is 4. The molecule has 27 heavy (non-hydrogen) atoms. The lowest BCUT2D eigenvalue weighted by molar-refractivity contribution is 0.0958. The van der Waals surface area contributed by atoms with Gasteiger partial charge in [0.15, 0.2) is 5.78 Å². The Hall–Kier alpha value is -3.67. The zero-order chi connectivity index (χ0) is 19.2.